The number of aryl methyl sites for hydroxylation is 4. The Bertz CT molecular complexity index is 1300. The molecule has 2 aromatic carbocycles. The van der Waals surface area contributed by atoms with Gasteiger partial charge in [0.25, 0.3) is 0 Å². The van der Waals surface area contributed by atoms with Crippen LogP contribution in [0.5, 0.6) is 0 Å². The SMILES string of the molecule is CCCCC1=C(c2cc(CCCC)cc(CCCC)c2)[N+](=[N-])C(c2cc(CCCC)cc(CCCC)c2)=C1CC.CCCCC[CH2][Ni][CH2]CCCCC. The van der Waals surface area contributed by atoms with Crippen molar-refractivity contribution in [3.8, 4) is 0 Å². The molecule has 1 aliphatic rings. The molecule has 302 valence electrons. The van der Waals surface area contributed by atoms with E-state index in [1.807, 2.05) is 14.4 Å². The first-order chi connectivity index (χ1) is 25.9. The molecule has 0 unspecified atom stereocenters. The summed E-state index contributed by atoms with van der Waals surface area (Å²) >= 11 is 1.99. The third-order valence-corrected chi connectivity index (χ3v) is 12.0. The molecule has 0 radical (unpaired) electrons. The monoisotopic (exact) mass is 769 g/mol. The number of hydrogen-bond donors (Lipinski definition) is 0. The average Bonchev–Trinajstić information content (AvgIpc) is 3.46. The average molecular weight is 770 g/mol. The third kappa shape index (κ3) is 17.1. The van der Waals surface area contributed by atoms with Crippen molar-refractivity contribution in [3.05, 3.63) is 86.5 Å². The zero-order chi connectivity index (χ0) is 38.7. The number of benzene rings is 2. The zero-order valence-electron chi connectivity index (χ0n) is 36.1. The van der Waals surface area contributed by atoms with Gasteiger partial charge in [-0.05, 0) is 117 Å². The van der Waals surface area contributed by atoms with Gasteiger partial charge in [0.05, 0.1) is 0 Å². The number of rotatable bonds is 28. The molecule has 1 aliphatic heterocycles. The van der Waals surface area contributed by atoms with Crippen molar-refractivity contribution in [3.63, 3.8) is 0 Å². The van der Waals surface area contributed by atoms with Crippen molar-refractivity contribution in [1.82, 2.24) is 0 Å². The molecule has 0 N–H and O–H groups in total. The second kappa shape index (κ2) is 29.3. The van der Waals surface area contributed by atoms with Crippen molar-refractivity contribution >= 4 is 11.4 Å². The van der Waals surface area contributed by atoms with Gasteiger partial charge < -0.3 is 5.53 Å². The van der Waals surface area contributed by atoms with Gasteiger partial charge >= 0.3 is 90.4 Å². The van der Waals surface area contributed by atoms with Crippen LogP contribution in [0.25, 0.3) is 16.9 Å². The second-order valence-corrected chi connectivity index (χ2v) is 17.0. The third-order valence-electron chi connectivity index (χ3n) is 10.6. The van der Waals surface area contributed by atoms with E-state index in [1.54, 1.807) is 4.70 Å². The number of allylic oxidation sites excluding steroid dienone is 2. The Morgan fingerprint density at radius 2 is 0.736 bits per heavy atom. The van der Waals surface area contributed by atoms with Crippen LogP contribution in [0, 0.1) is 0 Å². The van der Waals surface area contributed by atoms with Gasteiger partial charge in [-0.2, -0.15) is 0 Å². The van der Waals surface area contributed by atoms with Crippen LogP contribution in [0.4, 0.5) is 0 Å². The maximum atomic E-state index is 12.1. The summed E-state index contributed by atoms with van der Waals surface area (Å²) < 4.78 is 1.59. The van der Waals surface area contributed by atoms with Gasteiger partial charge in [0.1, 0.15) is 0 Å². The van der Waals surface area contributed by atoms with Crippen LogP contribution in [0.15, 0.2) is 47.5 Å². The Kier molecular flexibility index (Phi) is 26.1. The van der Waals surface area contributed by atoms with Gasteiger partial charge in [-0.15, -0.1) is 0 Å². The summed E-state index contributed by atoms with van der Waals surface area (Å²) in [4.78, 5) is 0. The summed E-state index contributed by atoms with van der Waals surface area (Å²) in [5, 5.41) is 2.83. The minimum absolute atomic E-state index is 0.927. The molecule has 3 rings (SSSR count). The molecular weight excluding hydrogens is 687 g/mol. The van der Waals surface area contributed by atoms with Crippen molar-refractivity contribution in [2.75, 3.05) is 0 Å². The maximum absolute atomic E-state index is 12.1. The second-order valence-electron chi connectivity index (χ2n) is 15.5. The van der Waals surface area contributed by atoms with E-state index in [0.29, 0.717) is 0 Å². The van der Waals surface area contributed by atoms with E-state index < -0.39 is 0 Å². The van der Waals surface area contributed by atoms with Gasteiger partial charge in [-0.1, -0.05) is 85.8 Å². The van der Waals surface area contributed by atoms with Crippen molar-refractivity contribution in [1.29, 1.82) is 0 Å². The molecule has 0 atom stereocenters. The fraction of sp³-hybridized carbons (Fsp3) is 0.680. The number of nitrogens with zero attached hydrogens (tertiary/aromatic N) is 2. The molecule has 0 aromatic heterocycles. The summed E-state index contributed by atoms with van der Waals surface area (Å²) in [7, 11) is 0. The van der Waals surface area contributed by atoms with Crippen molar-refractivity contribution < 1.29 is 19.1 Å². The molecule has 0 saturated carbocycles. The zero-order valence-corrected chi connectivity index (χ0v) is 37.0. The van der Waals surface area contributed by atoms with Crippen LogP contribution < -0.4 is 0 Å². The van der Waals surface area contributed by atoms with Crippen LogP contribution in [-0.2, 0) is 40.1 Å². The Hall–Kier alpha value is -1.99. The Morgan fingerprint density at radius 1 is 0.396 bits per heavy atom. The normalized spacial score (nSPS) is 13.0. The molecule has 0 amide bonds. The molecule has 1 heterocycles. The van der Waals surface area contributed by atoms with E-state index in [0.717, 1.165) is 62.8 Å². The molecule has 0 bridgehead atoms. The quantitative estimate of drug-likeness (QED) is 0.0468. The topological polar surface area (TPSA) is 25.3 Å². The molecular formula is C50H82N2Ni. The summed E-state index contributed by atoms with van der Waals surface area (Å²) in [6.45, 7) is 18.2. The van der Waals surface area contributed by atoms with E-state index in [9.17, 15) is 5.53 Å². The Morgan fingerprint density at radius 3 is 1.08 bits per heavy atom. The van der Waals surface area contributed by atoms with Crippen LogP contribution in [0.2, 0.25) is 10.8 Å². The standard InChI is InChI=1S/C38H56N2.2C6H13.Ni/c1-7-13-18-29-23-30(19-14-8-2)26-33(25-29)37-35(12-6)36(22-17-11-5)38(40(37)39)34-27-31(20-15-9-3)24-32(28-34)21-16-10-4;2*1-3-5-6-4-2;/h23-28H,7-22H2,1-6H3;2*1,3-6H2,2H3;. The van der Waals surface area contributed by atoms with Crippen LogP contribution >= 0.6 is 0 Å². The summed E-state index contributed by atoms with van der Waals surface area (Å²) in [5.74, 6) is 0. The van der Waals surface area contributed by atoms with Gasteiger partial charge in [0.2, 0.25) is 11.4 Å². The van der Waals surface area contributed by atoms with Crippen LogP contribution in [0.1, 0.15) is 217 Å². The minimum atomic E-state index is 0.927. The molecule has 3 heteroatoms. The molecule has 2 nitrogen and oxygen atoms in total. The summed E-state index contributed by atoms with van der Waals surface area (Å²) in [5.41, 5.74) is 24.9. The molecule has 2 aromatic rings. The van der Waals surface area contributed by atoms with Crippen molar-refractivity contribution in [2.45, 2.75) is 220 Å². The van der Waals surface area contributed by atoms with Crippen LogP contribution in [-0.4, -0.2) is 4.70 Å². The van der Waals surface area contributed by atoms with E-state index in [4.69, 9.17) is 0 Å². The molecule has 0 spiro atoms. The predicted octanol–water partition coefficient (Wildman–Crippen LogP) is 16.9. The molecule has 53 heavy (non-hydrogen) atoms. The fourth-order valence-electron chi connectivity index (χ4n) is 7.40. The summed E-state index contributed by atoms with van der Waals surface area (Å²) in [6, 6.07) is 14.3. The Labute approximate surface area is 335 Å². The molecule has 0 aliphatic carbocycles. The van der Waals surface area contributed by atoms with Gasteiger partial charge in [-0.25, -0.2) is 4.70 Å². The van der Waals surface area contributed by atoms with Gasteiger partial charge in [0.15, 0.2) is 0 Å². The predicted molar refractivity (Wildman–Crippen MR) is 233 cm³/mol. The van der Waals surface area contributed by atoms with Gasteiger partial charge in [-0.3, -0.25) is 0 Å². The first-order valence-corrected chi connectivity index (χ1v) is 24.0. The summed E-state index contributed by atoms with van der Waals surface area (Å²) in [6.07, 6.45) is 29.6. The number of hydrogen-bond acceptors (Lipinski definition) is 0. The van der Waals surface area contributed by atoms with E-state index >= 15 is 0 Å². The van der Waals surface area contributed by atoms with E-state index in [2.05, 4.69) is 91.8 Å². The van der Waals surface area contributed by atoms with Crippen molar-refractivity contribution in [2.24, 2.45) is 0 Å². The van der Waals surface area contributed by atoms with E-state index in [1.165, 1.54) is 158 Å². The Balaban J connectivity index is 0.000000636. The van der Waals surface area contributed by atoms with Gasteiger partial charge in [0, 0.05) is 22.3 Å². The molecule has 0 saturated heterocycles. The van der Waals surface area contributed by atoms with E-state index in [-0.39, 0.29) is 0 Å². The first kappa shape index (κ1) is 47.2. The van der Waals surface area contributed by atoms with Crippen LogP contribution in [0.3, 0.4) is 0 Å². The fourth-order valence-corrected chi connectivity index (χ4v) is 8.63. The molecule has 0 fully saturated rings. The first-order valence-electron chi connectivity index (χ1n) is 22.6. The number of unbranched alkanes of at least 4 members (excludes halogenated alkanes) is 11.